The minimum absolute atomic E-state index is 0.0200. The lowest BCUT2D eigenvalue weighted by molar-refractivity contribution is -0.134. The molecule has 0 spiro atoms. The molecule has 1 heterocycles. The number of carbonyl (C=O) groups is 2. The van der Waals surface area contributed by atoms with Crippen LogP contribution in [0, 0.1) is 11.7 Å². The standard InChI is InChI=1S/C18H26FN3O2/c1-4-21(3)17-6-5-14(11-16(17)19)12-20-18(24)15-7-9-22(10-8-15)13(2)23/h5-6,11,15H,4,7-10,12H2,1-3H3,(H,20,24). The van der Waals surface area contributed by atoms with Crippen LogP contribution >= 0.6 is 0 Å². The summed E-state index contributed by atoms with van der Waals surface area (Å²) >= 11 is 0. The zero-order chi connectivity index (χ0) is 17.7. The number of carbonyl (C=O) groups excluding carboxylic acids is 2. The largest absolute Gasteiger partial charge is 0.373 e. The topological polar surface area (TPSA) is 52.7 Å². The summed E-state index contributed by atoms with van der Waals surface area (Å²) < 4.78 is 14.1. The van der Waals surface area contributed by atoms with Gasteiger partial charge in [0.25, 0.3) is 0 Å². The Balaban J connectivity index is 1.86. The molecule has 1 aliphatic heterocycles. The van der Waals surface area contributed by atoms with Gasteiger partial charge in [0, 0.05) is 46.1 Å². The van der Waals surface area contributed by atoms with Crippen LogP contribution in [0.1, 0.15) is 32.3 Å². The molecule has 132 valence electrons. The van der Waals surface area contributed by atoms with Crippen molar-refractivity contribution in [1.29, 1.82) is 0 Å². The number of halogens is 1. The maximum atomic E-state index is 14.1. The van der Waals surface area contributed by atoms with Crippen LogP contribution in [-0.2, 0) is 16.1 Å². The summed E-state index contributed by atoms with van der Waals surface area (Å²) in [4.78, 5) is 27.1. The van der Waals surface area contributed by atoms with Crippen molar-refractivity contribution >= 4 is 17.5 Å². The van der Waals surface area contributed by atoms with E-state index in [1.54, 1.807) is 17.9 Å². The summed E-state index contributed by atoms with van der Waals surface area (Å²) in [7, 11) is 1.84. The van der Waals surface area contributed by atoms with Crippen LogP contribution in [0.5, 0.6) is 0 Å². The number of benzene rings is 1. The lowest BCUT2D eigenvalue weighted by Gasteiger charge is -2.30. The third-order valence-electron chi connectivity index (χ3n) is 4.68. The van der Waals surface area contributed by atoms with Gasteiger partial charge in [-0.15, -0.1) is 0 Å². The highest BCUT2D eigenvalue weighted by Crippen LogP contribution is 2.20. The van der Waals surface area contributed by atoms with E-state index in [-0.39, 0.29) is 23.5 Å². The third-order valence-corrected chi connectivity index (χ3v) is 4.68. The summed E-state index contributed by atoms with van der Waals surface area (Å²) in [5.74, 6) is -0.313. The van der Waals surface area contributed by atoms with Gasteiger partial charge in [0.05, 0.1) is 5.69 Å². The molecule has 0 aliphatic carbocycles. The van der Waals surface area contributed by atoms with E-state index in [0.29, 0.717) is 38.2 Å². The second kappa shape index (κ2) is 8.13. The van der Waals surface area contributed by atoms with Crippen molar-refractivity contribution in [3.05, 3.63) is 29.6 Å². The molecular formula is C18H26FN3O2. The van der Waals surface area contributed by atoms with Gasteiger partial charge < -0.3 is 15.1 Å². The molecule has 1 aromatic rings. The van der Waals surface area contributed by atoms with Crippen LogP contribution in [0.4, 0.5) is 10.1 Å². The van der Waals surface area contributed by atoms with E-state index in [1.165, 1.54) is 6.07 Å². The molecule has 2 amide bonds. The van der Waals surface area contributed by atoms with Crippen LogP contribution in [-0.4, -0.2) is 43.4 Å². The number of likely N-dealkylation sites (tertiary alicyclic amines) is 1. The Morgan fingerprint density at radius 1 is 1.33 bits per heavy atom. The first-order valence-electron chi connectivity index (χ1n) is 8.45. The van der Waals surface area contributed by atoms with Crippen LogP contribution in [0.3, 0.4) is 0 Å². The maximum absolute atomic E-state index is 14.1. The molecule has 1 fully saturated rings. The van der Waals surface area contributed by atoms with Crippen molar-refractivity contribution < 1.29 is 14.0 Å². The molecule has 24 heavy (non-hydrogen) atoms. The number of anilines is 1. The number of hydrogen-bond acceptors (Lipinski definition) is 3. The summed E-state index contributed by atoms with van der Waals surface area (Å²) in [6.45, 7) is 5.81. The Hall–Kier alpha value is -2.11. The molecule has 0 bridgehead atoms. The fourth-order valence-corrected chi connectivity index (χ4v) is 2.93. The highest BCUT2D eigenvalue weighted by atomic mass is 19.1. The van der Waals surface area contributed by atoms with Crippen molar-refractivity contribution in [3.8, 4) is 0 Å². The number of amides is 2. The first-order valence-corrected chi connectivity index (χ1v) is 8.45. The van der Waals surface area contributed by atoms with Crippen molar-refractivity contribution in [2.45, 2.75) is 33.2 Å². The quantitative estimate of drug-likeness (QED) is 0.897. The fraction of sp³-hybridized carbons (Fsp3) is 0.556. The lowest BCUT2D eigenvalue weighted by atomic mass is 9.96. The predicted octanol–water partition coefficient (Wildman–Crippen LogP) is 2.16. The Kier molecular flexibility index (Phi) is 6.17. The average Bonchev–Trinajstić information content (AvgIpc) is 2.59. The Morgan fingerprint density at radius 3 is 2.54 bits per heavy atom. The Labute approximate surface area is 142 Å². The van der Waals surface area contributed by atoms with E-state index in [1.807, 2.05) is 24.9 Å². The van der Waals surface area contributed by atoms with Gasteiger partial charge in [0.1, 0.15) is 5.82 Å². The van der Waals surface area contributed by atoms with Gasteiger partial charge in [-0.1, -0.05) is 6.07 Å². The molecule has 0 atom stereocenters. The average molecular weight is 335 g/mol. The summed E-state index contributed by atoms with van der Waals surface area (Å²) in [5, 5.41) is 2.88. The zero-order valence-corrected chi connectivity index (χ0v) is 14.6. The van der Waals surface area contributed by atoms with E-state index in [0.717, 1.165) is 12.1 Å². The monoisotopic (exact) mass is 335 g/mol. The SMILES string of the molecule is CCN(C)c1ccc(CNC(=O)C2CCN(C(C)=O)CC2)cc1F. The molecule has 0 aromatic heterocycles. The predicted molar refractivity (Wildman–Crippen MR) is 92.2 cm³/mol. The molecule has 1 saturated heterocycles. The molecule has 5 nitrogen and oxygen atoms in total. The lowest BCUT2D eigenvalue weighted by Crippen LogP contribution is -2.42. The van der Waals surface area contributed by atoms with Gasteiger partial charge in [-0.25, -0.2) is 4.39 Å². The van der Waals surface area contributed by atoms with E-state index in [9.17, 15) is 14.0 Å². The maximum Gasteiger partial charge on any atom is 0.223 e. The first kappa shape index (κ1) is 18.2. The smallest absolute Gasteiger partial charge is 0.223 e. The Bertz CT molecular complexity index is 598. The number of hydrogen-bond donors (Lipinski definition) is 1. The van der Waals surface area contributed by atoms with Crippen LogP contribution in [0.25, 0.3) is 0 Å². The van der Waals surface area contributed by atoms with Gasteiger partial charge in [-0.3, -0.25) is 9.59 Å². The van der Waals surface area contributed by atoms with Gasteiger partial charge >= 0.3 is 0 Å². The van der Waals surface area contributed by atoms with Crippen LogP contribution < -0.4 is 10.2 Å². The second-order valence-corrected chi connectivity index (χ2v) is 6.30. The molecule has 6 heteroatoms. The van der Waals surface area contributed by atoms with Crippen molar-refractivity contribution in [2.75, 3.05) is 31.6 Å². The number of nitrogens with one attached hydrogen (secondary N) is 1. The van der Waals surface area contributed by atoms with Crippen molar-refractivity contribution in [3.63, 3.8) is 0 Å². The molecule has 1 aliphatic rings. The van der Waals surface area contributed by atoms with E-state index >= 15 is 0 Å². The fourth-order valence-electron chi connectivity index (χ4n) is 2.93. The molecule has 0 unspecified atom stereocenters. The first-order chi connectivity index (χ1) is 11.4. The molecule has 1 aromatic carbocycles. The molecular weight excluding hydrogens is 309 g/mol. The van der Waals surface area contributed by atoms with Crippen molar-refractivity contribution in [1.82, 2.24) is 10.2 Å². The number of rotatable bonds is 5. The molecule has 1 N–H and O–H groups in total. The summed E-state index contributed by atoms with van der Waals surface area (Å²) in [5.41, 5.74) is 1.31. The molecule has 0 saturated carbocycles. The molecule has 2 rings (SSSR count). The minimum atomic E-state index is -0.277. The Morgan fingerprint density at radius 2 is 2.00 bits per heavy atom. The van der Waals surface area contributed by atoms with E-state index in [4.69, 9.17) is 0 Å². The zero-order valence-electron chi connectivity index (χ0n) is 14.6. The second-order valence-electron chi connectivity index (χ2n) is 6.30. The van der Waals surface area contributed by atoms with Gasteiger partial charge in [-0.2, -0.15) is 0 Å². The minimum Gasteiger partial charge on any atom is -0.373 e. The number of nitrogens with zero attached hydrogens (tertiary/aromatic N) is 2. The van der Waals surface area contributed by atoms with Gasteiger partial charge in [0.15, 0.2) is 0 Å². The van der Waals surface area contributed by atoms with Gasteiger partial charge in [0.2, 0.25) is 11.8 Å². The third kappa shape index (κ3) is 4.46. The number of piperidine rings is 1. The normalized spacial score (nSPS) is 15.2. The van der Waals surface area contributed by atoms with E-state index in [2.05, 4.69) is 5.32 Å². The van der Waals surface area contributed by atoms with Crippen LogP contribution in [0.15, 0.2) is 18.2 Å². The summed E-state index contributed by atoms with van der Waals surface area (Å²) in [6.07, 6.45) is 1.36. The molecule has 0 radical (unpaired) electrons. The van der Waals surface area contributed by atoms with E-state index < -0.39 is 0 Å². The van der Waals surface area contributed by atoms with Gasteiger partial charge in [-0.05, 0) is 37.5 Å². The highest BCUT2D eigenvalue weighted by Gasteiger charge is 2.25. The summed E-state index contributed by atoms with van der Waals surface area (Å²) in [6, 6.07) is 5.05. The van der Waals surface area contributed by atoms with Crippen molar-refractivity contribution in [2.24, 2.45) is 5.92 Å². The highest BCUT2D eigenvalue weighted by molar-refractivity contribution is 5.79. The van der Waals surface area contributed by atoms with Crippen LogP contribution in [0.2, 0.25) is 0 Å².